The van der Waals surface area contributed by atoms with Crippen molar-refractivity contribution in [2.45, 2.75) is 4.75 Å². The summed E-state index contributed by atoms with van der Waals surface area (Å²) in [4.78, 5) is 0. The van der Waals surface area contributed by atoms with Gasteiger partial charge < -0.3 is 10.2 Å². The maximum Gasteiger partial charge on any atom is 0.283 e. The van der Waals surface area contributed by atoms with Crippen LogP contribution in [0.2, 0.25) is 20.1 Å². The third-order valence-electron chi connectivity index (χ3n) is 4.44. The zero-order valence-electron chi connectivity index (χ0n) is 14.3. The summed E-state index contributed by atoms with van der Waals surface area (Å²) >= 11 is 24.3. The van der Waals surface area contributed by atoms with Gasteiger partial charge in [-0.15, -0.1) is 0 Å². The summed E-state index contributed by atoms with van der Waals surface area (Å²) in [5.74, 6) is -1.58. The second-order valence-corrected chi connectivity index (χ2v) is 9.18. The van der Waals surface area contributed by atoms with E-state index in [1.165, 1.54) is 36.4 Å². The molecule has 152 valence electrons. The molecule has 29 heavy (non-hydrogen) atoms. The van der Waals surface area contributed by atoms with E-state index in [2.05, 4.69) is 0 Å². The van der Waals surface area contributed by atoms with E-state index in [1.807, 2.05) is 0 Å². The van der Waals surface area contributed by atoms with Crippen LogP contribution in [0, 0.1) is 0 Å². The van der Waals surface area contributed by atoms with E-state index in [-0.39, 0.29) is 11.1 Å². The van der Waals surface area contributed by atoms with Gasteiger partial charge >= 0.3 is 0 Å². The molecule has 3 N–H and O–H groups in total. The van der Waals surface area contributed by atoms with E-state index in [1.54, 1.807) is 18.2 Å². The number of phenolic OH excluding ortho intramolecular Hbond substituents is 2. The molecule has 3 rings (SSSR count). The Morgan fingerprint density at radius 2 is 1.14 bits per heavy atom. The zero-order valence-corrected chi connectivity index (χ0v) is 18.1. The summed E-state index contributed by atoms with van der Waals surface area (Å²) in [6.07, 6.45) is 0. The molecule has 1 atom stereocenters. The molecule has 0 saturated carbocycles. The molecular weight excluding hydrogens is 482 g/mol. The first-order valence-electron chi connectivity index (χ1n) is 7.91. The highest BCUT2D eigenvalue weighted by Gasteiger charge is 2.52. The van der Waals surface area contributed by atoms with Crippen molar-refractivity contribution in [2.24, 2.45) is 0 Å². The summed E-state index contributed by atoms with van der Waals surface area (Å²) in [6, 6.07) is 13.1. The Bertz CT molecular complexity index is 1150. The van der Waals surface area contributed by atoms with Crippen molar-refractivity contribution in [3.8, 4) is 11.5 Å². The number of halogens is 4. The highest BCUT2D eigenvalue weighted by Crippen LogP contribution is 2.55. The van der Waals surface area contributed by atoms with Gasteiger partial charge in [-0.2, -0.15) is 8.42 Å². The van der Waals surface area contributed by atoms with Gasteiger partial charge in [0, 0.05) is 10.6 Å². The fourth-order valence-electron chi connectivity index (χ4n) is 3.19. The van der Waals surface area contributed by atoms with Gasteiger partial charge in [-0.25, -0.2) is 0 Å². The summed E-state index contributed by atoms with van der Waals surface area (Å²) < 4.78 is 34.0. The number of phenols is 2. The van der Waals surface area contributed by atoms with Gasteiger partial charge in [-0.05, 0) is 23.3 Å². The van der Waals surface area contributed by atoms with Gasteiger partial charge in [-0.3, -0.25) is 4.55 Å². The van der Waals surface area contributed by atoms with E-state index in [0.29, 0.717) is 5.02 Å². The topological polar surface area (TPSA) is 94.8 Å². The van der Waals surface area contributed by atoms with Gasteiger partial charge in [0.1, 0.15) is 5.02 Å². The Kier molecular flexibility index (Phi) is 5.98. The summed E-state index contributed by atoms with van der Waals surface area (Å²) in [7, 11) is -5.07. The van der Waals surface area contributed by atoms with Crippen molar-refractivity contribution in [1.29, 1.82) is 0 Å². The number of hydrogen-bond donors (Lipinski definition) is 3. The van der Waals surface area contributed by atoms with Gasteiger partial charge in [0.25, 0.3) is 10.1 Å². The SMILES string of the molecule is O=S(=O)(O)C(c1ccccc1)(c1ccc(Cl)cc1)c1c(Cl)c(O)c(Cl)c(O)c1Cl. The van der Waals surface area contributed by atoms with Crippen LogP contribution in [0.4, 0.5) is 0 Å². The second kappa shape index (κ2) is 7.87. The van der Waals surface area contributed by atoms with Crippen molar-refractivity contribution in [2.75, 3.05) is 0 Å². The minimum absolute atomic E-state index is 0.0144. The Morgan fingerprint density at radius 1 is 0.690 bits per heavy atom. The van der Waals surface area contributed by atoms with E-state index in [4.69, 9.17) is 46.4 Å². The molecule has 3 aromatic carbocycles. The second-order valence-electron chi connectivity index (χ2n) is 6.04. The molecule has 0 radical (unpaired) electrons. The highest BCUT2D eigenvalue weighted by atomic mass is 35.5. The Morgan fingerprint density at radius 3 is 1.59 bits per heavy atom. The molecule has 0 aliphatic carbocycles. The number of hydrogen-bond acceptors (Lipinski definition) is 4. The molecule has 0 saturated heterocycles. The van der Waals surface area contributed by atoms with Crippen molar-refractivity contribution in [3.63, 3.8) is 0 Å². The Hall–Kier alpha value is -1.67. The number of aromatic hydroxyl groups is 2. The predicted octanol–water partition coefficient (Wildman–Crippen LogP) is 5.89. The first-order valence-corrected chi connectivity index (χ1v) is 10.9. The largest absolute Gasteiger partial charge is 0.505 e. The van der Waals surface area contributed by atoms with Crippen LogP contribution < -0.4 is 0 Å². The average molecular weight is 494 g/mol. The lowest BCUT2D eigenvalue weighted by Gasteiger charge is -2.34. The van der Waals surface area contributed by atoms with E-state index in [9.17, 15) is 23.2 Å². The van der Waals surface area contributed by atoms with Crippen LogP contribution in [-0.4, -0.2) is 23.2 Å². The lowest BCUT2D eigenvalue weighted by Crippen LogP contribution is -2.38. The molecule has 3 aromatic rings. The molecule has 1 unspecified atom stereocenters. The first-order chi connectivity index (χ1) is 13.5. The Balaban J connectivity index is 2.64. The smallest absolute Gasteiger partial charge is 0.283 e. The van der Waals surface area contributed by atoms with Crippen LogP contribution in [0.5, 0.6) is 11.5 Å². The fourth-order valence-corrected chi connectivity index (χ4v) is 5.75. The molecule has 0 bridgehead atoms. The molecule has 0 heterocycles. The van der Waals surface area contributed by atoms with Crippen LogP contribution in [0.15, 0.2) is 54.6 Å². The maximum atomic E-state index is 13.0. The summed E-state index contributed by atoms with van der Waals surface area (Å²) in [6.45, 7) is 0. The Labute approximate surface area is 186 Å². The van der Waals surface area contributed by atoms with E-state index in [0.717, 1.165) is 0 Å². The van der Waals surface area contributed by atoms with E-state index < -0.39 is 47.0 Å². The fraction of sp³-hybridized carbons (Fsp3) is 0.0526. The number of benzene rings is 3. The van der Waals surface area contributed by atoms with Crippen LogP contribution in [-0.2, 0) is 14.9 Å². The maximum absolute atomic E-state index is 13.0. The molecular formula is C19H12Cl4O5S. The van der Waals surface area contributed by atoms with Crippen molar-refractivity contribution in [1.82, 2.24) is 0 Å². The van der Waals surface area contributed by atoms with Crippen molar-refractivity contribution >= 4 is 56.5 Å². The summed E-state index contributed by atoms with van der Waals surface area (Å²) in [5, 5.41) is 19.2. The predicted molar refractivity (Wildman–Crippen MR) is 114 cm³/mol. The van der Waals surface area contributed by atoms with E-state index >= 15 is 0 Å². The van der Waals surface area contributed by atoms with Gasteiger partial charge in [0.05, 0.1) is 10.0 Å². The molecule has 0 aliphatic heterocycles. The molecule has 0 fully saturated rings. The number of rotatable bonds is 4. The van der Waals surface area contributed by atoms with Gasteiger partial charge in [-0.1, -0.05) is 88.9 Å². The highest BCUT2D eigenvalue weighted by molar-refractivity contribution is 7.87. The zero-order chi connectivity index (χ0) is 21.6. The van der Waals surface area contributed by atoms with Crippen LogP contribution in [0.25, 0.3) is 0 Å². The normalized spacial score (nSPS) is 13.8. The average Bonchev–Trinajstić information content (AvgIpc) is 2.69. The third kappa shape index (κ3) is 3.44. The minimum Gasteiger partial charge on any atom is -0.505 e. The summed E-state index contributed by atoms with van der Waals surface area (Å²) in [5.41, 5.74) is -0.397. The minimum atomic E-state index is -5.07. The standard InChI is InChI=1S/C19H12Cl4O5S/c20-12-8-6-11(7-9-12)19(29(26,27)28,10-4-2-1-3-5-10)13-14(21)17(24)16(23)18(25)15(13)22/h1-9,24-25H,(H,26,27,28). The van der Waals surface area contributed by atoms with Gasteiger partial charge in [0.15, 0.2) is 16.2 Å². The molecule has 0 aliphatic rings. The van der Waals surface area contributed by atoms with Crippen LogP contribution in [0.3, 0.4) is 0 Å². The lowest BCUT2D eigenvalue weighted by atomic mass is 9.83. The first kappa shape index (κ1) is 22.0. The van der Waals surface area contributed by atoms with Crippen molar-refractivity contribution in [3.05, 3.63) is 91.4 Å². The van der Waals surface area contributed by atoms with Crippen LogP contribution >= 0.6 is 46.4 Å². The van der Waals surface area contributed by atoms with Gasteiger partial charge in [0.2, 0.25) is 0 Å². The van der Waals surface area contributed by atoms with Crippen LogP contribution in [0.1, 0.15) is 16.7 Å². The molecule has 0 aromatic heterocycles. The lowest BCUT2D eigenvalue weighted by molar-refractivity contribution is 0.445. The molecule has 10 heteroatoms. The quantitative estimate of drug-likeness (QED) is 0.311. The molecule has 0 amide bonds. The molecule has 0 spiro atoms. The monoisotopic (exact) mass is 492 g/mol. The molecule has 5 nitrogen and oxygen atoms in total. The van der Waals surface area contributed by atoms with Crippen molar-refractivity contribution < 1.29 is 23.2 Å². The third-order valence-corrected chi connectivity index (χ3v) is 7.24.